The van der Waals surface area contributed by atoms with E-state index in [9.17, 15) is 4.39 Å². The van der Waals surface area contributed by atoms with Crippen molar-refractivity contribution >= 4 is 5.96 Å². The molecule has 0 saturated carbocycles. The van der Waals surface area contributed by atoms with Crippen LogP contribution in [0.25, 0.3) is 0 Å². The molecule has 23 heavy (non-hydrogen) atoms. The molecule has 2 rings (SSSR count). The van der Waals surface area contributed by atoms with Crippen molar-refractivity contribution in [1.29, 1.82) is 0 Å². The second-order valence-electron chi connectivity index (χ2n) is 5.50. The Hall–Kier alpha value is -2.37. The maximum atomic E-state index is 12.9. The standard InChI is InChI=1S/C17H24FN5/c1-12-16(13(2)23(4)22-12)9-10-20-17(19-3)21-11-14-5-7-15(18)8-6-14/h5-8H,9-11H2,1-4H3,(H2,19,20,21). The van der Waals surface area contributed by atoms with Crippen LogP contribution in [0.2, 0.25) is 0 Å². The van der Waals surface area contributed by atoms with Crippen molar-refractivity contribution in [2.75, 3.05) is 13.6 Å². The molecule has 1 aromatic heterocycles. The molecule has 0 amide bonds. The van der Waals surface area contributed by atoms with Crippen molar-refractivity contribution in [3.05, 3.63) is 52.6 Å². The summed E-state index contributed by atoms with van der Waals surface area (Å²) in [6.07, 6.45) is 0.892. The summed E-state index contributed by atoms with van der Waals surface area (Å²) in [6.45, 7) is 5.49. The van der Waals surface area contributed by atoms with Gasteiger partial charge in [0.25, 0.3) is 0 Å². The van der Waals surface area contributed by atoms with Gasteiger partial charge in [-0.15, -0.1) is 0 Å². The summed E-state index contributed by atoms with van der Waals surface area (Å²) < 4.78 is 14.8. The molecular weight excluding hydrogens is 293 g/mol. The quantitative estimate of drug-likeness (QED) is 0.656. The Balaban J connectivity index is 1.82. The van der Waals surface area contributed by atoms with Crippen LogP contribution in [0.5, 0.6) is 0 Å². The van der Waals surface area contributed by atoms with Gasteiger partial charge in [0, 0.05) is 32.9 Å². The first-order valence-electron chi connectivity index (χ1n) is 7.69. The number of aryl methyl sites for hydroxylation is 2. The summed E-state index contributed by atoms with van der Waals surface area (Å²) in [5.74, 6) is 0.506. The van der Waals surface area contributed by atoms with Crippen LogP contribution in [-0.2, 0) is 20.0 Å². The molecule has 0 spiro atoms. The molecule has 0 radical (unpaired) electrons. The van der Waals surface area contributed by atoms with E-state index in [0.29, 0.717) is 6.54 Å². The molecule has 2 aromatic rings. The number of nitrogens with zero attached hydrogens (tertiary/aromatic N) is 3. The molecule has 0 bridgehead atoms. The van der Waals surface area contributed by atoms with Crippen molar-refractivity contribution in [3.63, 3.8) is 0 Å². The van der Waals surface area contributed by atoms with Crippen molar-refractivity contribution < 1.29 is 4.39 Å². The van der Waals surface area contributed by atoms with Crippen LogP contribution >= 0.6 is 0 Å². The van der Waals surface area contributed by atoms with Gasteiger partial charge in [-0.2, -0.15) is 5.10 Å². The molecule has 124 valence electrons. The second kappa shape index (κ2) is 7.76. The van der Waals surface area contributed by atoms with E-state index in [1.54, 1.807) is 19.2 Å². The lowest BCUT2D eigenvalue weighted by Gasteiger charge is -2.12. The van der Waals surface area contributed by atoms with Crippen molar-refractivity contribution in [2.24, 2.45) is 12.0 Å². The molecular formula is C17H24FN5. The molecule has 5 nitrogen and oxygen atoms in total. The molecule has 0 aliphatic carbocycles. The number of halogens is 1. The van der Waals surface area contributed by atoms with Crippen molar-refractivity contribution in [1.82, 2.24) is 20.4 Å². The summed E-state index contributed by atoms with van der Waals surface area (Å²) in [5.41, 5.74) is 4.54. The number of hydrogen-bond donors (Lipinski definition) is 2. The van der Waals surface area contributed by atoms with Crippen molar-refractivity contribution in [3.8, 4) is 0 Å². The maximum Gasteiger partial charge on any atom is 0.191 e. The SMILES string of the molecule is CN=C(NCCc1c(C)nn(C)c1C)NCc1ccc(F)cc1. The van der Waals surface area contributed by atoms with Crippen LogP contribution in [0.4, 0.5) is 4.39 Å². The fraction of sp³-hybridized carbons (Fsp3) is 0.412. The van der Waals surface area contributed by atoms with Gasteiger partial charge in [0.15, 0.2) is 5.96 Å². The summed E-state index contributed by atoms with van der Waals surface area (Å²) in [6, 6.07) is 6.44. The van der Waals surface area contributed by atoms with Gasteiger partial charge in [-0.25, -0.2) is 4.39 Å². The van der Waals surface area contributed by atoms with E-state index in [2.05, 4.69) is 27.6 Å². The first kappa shape index (κ1) is 17.0. The smallest absolute Gasteiger partial charge is 0.191 e. The Morgan fingerprint density at radius 3 is 2.48 bits per heavy atom. The van der Waals surface area contributed by atoms with Crippen LogP contribution in [0.3, 0.4) is 0 Å². The number of rotatable bonds is 5. The summed E-state index contributed by atoms with van der Waals surface area (Å²) in [7, 11) is 3.70. The van der Waals surface area contributed by atoms with Gasteiger partial charge in [-0.3, -0.25) is 9.67 Å². The van der Waals surface area contributed by atoms with E-state index in [1.165, 1.54) is 23.4 Å². The van der Waals surface area contributed by atoms with Gasteiger partial charge in [0.2, 0.25) is 0 Å². The Kier molecular flexibility index (Phi) is 5.73. The van der Waals surface area contributed by atoms with E-state index in [-0.39, 0.29) is 5.82 Å². The lowest BCUT2D eigenvalue weighted by Crippen LogP contribution is -2.37. The molecule has 2 N–H and O–H groups in total. The van der Waals surface area contributed by atoms with Gasteiger partial charge in [0.05, 0.1) is 5.69 Å². The van der Waals surface area contributed by atoms with Gasteiger partial charge in [-0.1, -0.05) is 12.1 Å². The van der Waals surface area contributed by atoms with Crippen molar-refractivity contribution in [2.45, 2.75) is 26.8 Å². The minimum Gasteiger partial charge on any atom is -0.356 e. The van der Waals surface area contributed by atoms with Gasteiger partial charge in [-0.05, 0) is 43.5 Å². The molecule has 0 unspecified atom stereocenters. The second-order valence-corrected chi connectivity index (χ2v) is 5.50. The fourth-order valence-corrected chi connectivity index (χ4v) is 2.49. The first-order chi connectivity index (χ1) is 11.0. The van der Waals surface area contributed by atoms with E-state index >= 15 is 0 Å². The largest absolute Gasteiger partial charge is 0.356 e. The number of aromatic nitrogens is 2. The van der Waals surface area contributed by atoms with Gasteiger partial charge < -0.3 is 10.6 Å². The molecule has 0 fully saturated rings. The average molecular weight is 317 g/mol. The zero-order valence-electron chi connectivity index (χ0n) is 14.2. The third-order valence-electron chi connectivity index (χ3n) is 3.92. The molecule has 1 heterocycles. The topological polar surface area (TPSA) is 54.2 Å². The van der Waals surface area contributed by atoms with Gasteiger partial charge in [0.1, 0.15) is 5.82 Å². The molecule has 1 aromatic carbocycles. The number of benzene rings is 1. The van der Waals surface area contributed by atoms with E-state index in [4.69, 9.17) is 0 Å². The summed E-state index contributed by atoms with van der Waals surface area (Å²) >= 11 is 0. The zero-order valence-corrected chi connectivity index (χ0v) is 14.2. The third kappa shape index (κ3) is 4.55. The highest BCUT2D eigenvalue weighted by Gasteiger charge is 2.09. The minimum absolute atomic E-state index is 0.224. The number of aliphatic imine (C=N–C) groups is 1. The summed E-state index contributed by atoms with van der Waals surface area (Å²) in [4.78, 5) is 4.20. The highest BCUT2D eigenvalue weighted by Crippen LogP contribution is 2.11. The summed E-state index contributed by atoms with van der Waals surface area (Å²) in [5, 5.41) is 10.9. The highest BCUT2D eigenvalue weighted by atomic mass is 19.1. The predicted octanol–water partition coefficient (Wildman–Crippen LogP) is 2.08. The van der Waals surface area contributed by atoms with Crippen LogP contribution in [0, 0.1) is 19.7 Å². The molecule has 0 aliphatic heterocycles. The van der Waals surface area contributed by atoms with Crippen LogP contribution in [-0.4, -0.2) is 29.3 Å². The first-order valence-corrected chi connectivity index (χ1v) is 7.69. The van der Waals surface area contributed by atoms with Crippen LogP contribution < -0.4 is 10.6 Å². The molecule has 6 heteroatoms. The van der Waals surface area contributed by atoms with E-state index < -0.39 is 0 Å². The predicted molar refractivity (Wildman–Crippen MR) is 91.0 cm³/mol. The van der Waals surface area contributed by atoms with Crippen LogP contribution in [0.1, 0.15) is 22.5 Å². The normalized spacial score (nSPS) is 11.6. The monoisotopic (exact) mass is 317 g/mol. The van der Waals surface area contributed by atoms with Crippen LogP contribution in [0.15, 0.2) is 29.3 Å². The molecule has 0 aliphatic rings. The Labute approximate surface area is 136 Å². The Morgan fingerprint density at radius 2 is 1.91 bits per heavy atom. The third-order valence-corrected chi connectivity index (χ3v) is 3.92. The zero-order chi connectivity index (χ0) is 16.8. The highest BCUT2D eigenvalue weighted by molar-refractivity contribution is 5.79. The Morgan fingerprint density at radius 1 is 1.22 bits per heavy atom. The molecule has 0 atom stereocenters. The average Bonchev–Trinajstić information content (AvgIpc) is 2.78. The van der Waals surface area contributed by atoms with Gasteiger partial charge >= 0.3 is 0 Å². The number of hydrogen-bond acceptors (Lipinski definition) is 2. The van der Waals surface area contributed by atoms with E-state index in [0.717, 1.165) is 30.2 Å². The lowest BCUT2D eigenvalue weighted by molar-refractivity contribution is 0.626. The van der Waals surface area contributed by atoms with E-state index in [1.807, 2.05) is 18.7 Å². The fourth-order valence-electron chi connectivity index (χ4n) is 2.49. The number of guanidine groups is 1. The maximum absolute atomic E-state index is 12.9. The minimum atomic E-state index is -0.224. The Bertz CT molecular complexity index is 673. The lowest BCUT2D eigenvalue weighted by atomic mass is 10.1. The number of nitrogens with one attached hydrogen (secondary N) is 2. The molecule has 0 saturated heterocycles.